The van der Waals surface area contributed by atoms with Gasteiger partial charge in [0.05, 0.1) is 5.56 Å². The number of fused-ring (bicyclic) bond motifs is 1. The Labute approximate surface area is 193 Å². The summed E-state index contributed by atoms with van der Waals surface area (Å²) in [6, 6.07) is 11.6. The molecule has 0 atom stereocenters. The van der Waals surface area contributed by atoms with Crippen LogP contribution in [0.5, 0.6) is 0 Å². The average Bonchev–Trinajstić information content (AvgIpc) is 3.16. The fraction of sp³-hybridized carbons (Fsp3) is 0.308. The van der Waals surface area contributed by atoms with Gasteiger partial charge in [-0.3, -0.25) is 0 Å². The zero-order valence-corrected chi connectivity index (χ0v) is 20.0. The highest BCUT2D eigenvalue weighted by atomic mass is 32.1. The maximum Gasteiger partial charge on any atom is 0.335 e. The van der Waals surface area contributed by atoms with Crippen LogP contribution in [-0.4, -0.2) is 16.1 Å². The van der Waals surface area contributed by atoms with Crippen molar-refractivity contribution >= 4 is 42.1 Å². The predicted molar refractivity (Wildman–Crippen MR) is 132 cm³/mol. The quantitative estimate of drug-likeness (QED) is 0.324. The second-order valence-corrected chi connectivity index (χ2v) is 10.8. The zero-order valence-electron chi connectivity index (χ0n) is 18.3. The van der Waals surface area contributed by atoms with Gasteiger partial charge in [-0.2, -0.15) is 0 Å². The molecule has 1 heterocycles. The molecule has 2 aromatic carbocycles. The van der Waals surface area contributed by atoms with E-state index in [1.165, 1.54) is 11.1 Å². The number of carboxylic acids is 1. The number of thiol groups is 1. The lowest BCUT2D eigenvalue weighted by Crippen LogP contribution is -2.34. The van der Waals surface area contributed by atoms with E-state index >= 15 is 0 Å². The summed E-state index contributed by atoms with van der Waals surface area (Å²) in [5, 5.41) is 12.8. The van der Waals surface area contributed by atoms with E-state index in [4.69, 9.17) is 5.11 Å². The molecule has 1 aromatic heterocycles. The van der Waals surface area contributed by atoms with E-state index in [2.05, 4.69) is 63.5 Å². The SMILES string of the molecule is CC1(C)CCC(C)(C)c2cc(-c3nc(S)cs3)c(/C=C/c3ccc(C(=O)O)cc3)cc21. The number of carboxylic acid groups (broad SMARTS) is 1. The Bertz CT molecular complexity index is 1170. The topological polar surface area (TPSA) is 50.2 Å². The van der Waals surface area contributed by atoms with E-state index in [0.29, 0.717) is 5.56 Å². The molecule has 3 nitrogen and oxygen atoms in total. The summed E-state index contributed by atoms with van der Waals surface area (Å²) >= 11 is 6.03. The number of aromatic carboxylic acids is 1. The molecular weight excluding hydrogens is 422 g/mol. The Morgan fingerprint density at radius 3 is 2.19 bits per heavy atom. The number of rotatable bonds is 4. The van der Waals surface area contributed by atoms with Crippen molar-refractivity contribution in [1.82, 2.24) is 4.98 Å². The summed E-state index contributed by atoms with van der Waals surface area (Å²) in [6.07, 6.45) is 6.47. The van der Waals surface area contributed by atoms with Gasteiger partial charge in [-0.25, -0.2) is 9.78 Å². The maximum absolute atomic E-state index is 11.1. The second-order valence-electron chi connectivity index (χ2n) is 9.52. The Morgan fingerprint density at radius 2 is 1.65 bits per heavy atom. The van der Waals surface area contributed by atoms with Crippen LogP contribution >= 0.6 is 24.0 Å². The van der Waals surface area contributed by atoms with Crippen LogP contribution in [0.2, 0.25) is 0 Å². The maximum atomic E-state index is 11.1. The number of nitrogens with zero attached hydrogens (tertiary/aromatic N) is 1. The van der Waals surface area contributed by atoms with Crippen molar-refractivity contribution in [2.45, 2.75) is 56.4 Å². The van der Waals surface area contributed by atoms with Crippen LogP contribution in [0.3, 0.4) is 0 Å². The largest absolute Gasteiger partial charge is 0.478 e. The fourth-order valence-electron chi connectivity index (χ4n) is 4.27. The van der Waals surface area contributed by atoms with E-state index < -0.39 is 5.97 Å². The van der Waals surface area contributed by atoms with Gasteiger partial charge in [0.2, 0.25) is 0 Å². The molecule has 3 aromatic rings. The van der Waals surface area contributed by atoms with E-state index in [0.717, 1.165) is 39.6 Å². The number of aromatic nitrogens is 1. The van der Waals surface area contributed by atoms with Crippen LogP contribution < -0.4 is 0 Å². The van der Waals surface area contributed by atoms with Crippen molar-refractivity contribution in [2.24, 2.45) is 0 Å². The highest BCUT2D eigenvalue weighted by molar-refractivity contribution is 7.80. The molecule has 0 bridgehead atoms. The van der Waals surface area contributed by atoms with Crippen molar-refractivity contribution in [3.63, 3.8) is 0 Å². The minimum atomic E-state index is -0.913. The predicted octanol–water partition coefficient (Wildman–Crippen LogP) is 7.32. The molecule has 0 unspecified atom stereocenters. The second kappa shape index (κ2) is 7.95. The third-order valence-electron chi connectivity index (χ3n) is 6.36. The molecule has 0 aliphatic heterocycles. The third-order valence-corrected chi connectivity index (χ3v) is 7.64. The molecule has 0 radical (unpaired) electrons. The molecule has 4 rings (SSSR count). The zero-order chi connectivity index (χ0) is 22.4. The standard InChI is InChI=1S/C26H27NO2S2/c1-25(2)11-12-26(3,4)21-14-19(23-27-22(30)15-31-23)18(13-20(21)25)10-7-16-5-8-17(9-6-16)24(28)29/h5-10,13-15,30H,11-12H2,1-4H3,(H,28,29)/b10-7+. The van der Waals surface area contributed by atoms with Crippen LogP contribution in [0.1, 0.15) is 73.1 Å². The highest BCUT2D eigenvalue weighted by Crippen LogP contribution is 2.48. The summed E-state index contributed by atoms with van der Waals surface area (Å²) in [4.78, 5) is 15.8. The van der Waals surface area contributed by atoms with Crippen LogP contribution in [0.15, 0.2) is 46.8 Å². The molecule has 0 saturated carbocycles. The number of thiazole rings is 1. The van der Waals surface area contributed by atoms with Gasteiger partial charge in [-0.1, -0.05) is 58.0 Å². The molecule has 0 spiro atoms. The van der Waals surface area contributed by atoms with Gasteiger partial charge in [0, 0.05) is 10.9 Å². The van der Waals surface area contributed by atoms with Crippen molar-refractivity contribution in [3.8, 4) is 10.6 Å². The first kappa shape index (κ1) is 21.8. The molecular formula is C26H27NO2S2. The lowest BCUT2D eigenvalue weighted by Gasteiger charge is -2.42. The van der Waals surface area contributed by atoms with Crippen LogP contribution in [0.25, 0.3) is 22.7 Å². The number of hydrogen-bond donors (Lipinski definition) is 2. The van der Waals surface area contributed by atoms with E-state index in [1.54, 1.807) is 23.5 Å². The molecule has 5 heteroatoms. The Kier molecular flexibility index (Phi) is 5.61. The van der Waals surface area contributed by atoms with Crippen LogP contribution in [0.4, 0.5) is 0 Å². The van der Waals surface area contributed by atoms with Gasteiger partial charge in [0.1, 0.15) is 10.0 Å². The van der Waals surface area contributed by atoms with E-state index in [9.17, 15) is 4.79 Å². The van der Waals surface area contributed by atoms with Crippen LogP contribution in [-0.2, 0) is 10.8 Å². The average molecular weight is 450 g/mol. The normalized spacial score (nSPS) is 16.9. The molecule has 1 aliphatic carbocycles. The van der Waals surface area contributed by atoms with Gasteiger partial charge in [-0.05, 0) is 64.1 Å². The van der Waals surface area contributed by atoms with Gasteiger partial charge in [0.25, 0.3) is 0 Å². The summed E-state index contributed by atoms with van der Waals surface area (Å²) < 4.78 is 0. The number of carbonyl (C=O) groups is 1. The van der Waals surface area contributed by atoms with Gasteiger partial charge >= 0.3 is 5.97 Å². The molecule has 0 amide bonds. The van der Waals surface area contributed by atoms with Crippen molar-refractivity contribution in [3.05, 3.63) is 69.6 Å². The van der Waals surface area contributed by atoms with Crippen molar-refractivity contribution in [2.75, 3.05) is 0 Å². The first-order valence-corrected chi connectivity index (χ1v) is 11.7. The first-order valence-electron chi connectivity index (χ1n) is 10.4. The van der Waals surface area contributed by atoms with Crippen molar-refractivity contribution < 1.29 is 9.90 Å². The number of benzene rings is 2. The molecule has 0 saturated heterocycles. The summed E-state index contributed by atoms with van der Waals surface area (Å²) in [6.45, 7) is 9.31. The molecule has 160 valence electrons. The molecule has 1 aliphatic rings. The Morgan fingerprint density at radius 1 is 1.03 bits per heavy atom. The van der Waals surface area contributed by atoms with E-state index in [1.807, 2.05) is 23.6 Å². The van der Waals surface area contributed by atoms with Gasteiger partial charge in [-0.15, -0.1) is 24.0 Å². The van der Waals surface area contributed by atoms with Gasteiger partial charge in [0.15, 0.2) is 0 Å². The summed E-state index contributed by atoms with van der Waals surface area (Å²) in [5.74, 6) is -0.913. The summed E-state index contributed by atoms with van der Waals surface area (Å²) in [5.41, 5.74) is 6.53. The Hall–Kier alpha value is -2.37. The summed E-state index contributed by atoms with van der Waals surface area (Å²) in [7, 11) is 0. The first-order chi connectivity index (χ1) is 14.6. The smallest absolute Gasteiger partial charge is 0.335 e. The minimum absolute atomic E-state index is 0.118. The molecule has 1 N–H and O–H groups in total. The Balaban J connectivity index is 1.85. The number of hydrogen-bond acceptors (Lipinski definition) is 4. The fourth-order valence-corrected chi connectivity index (χ4v) is 5.32. The van der Waals surface area contributed by atoms with Crippen molar-refractivity contribution in [1.29, 1.82) is 0 Å². The third kappa shape index (κ3) is 4.35. The van der Waals surface area contributed by atoms with Gasteiger partial charge < -0.3 is 5.11 Å². The monoisotopic (exact) mass is 449 g/mol. The highest BCUT2D eigenvalue weighted by Gasteiger charge is 2.37. The minimum Gasteiger partial charge on any atom is -0.478 e. The lowest BCUT2D eigenvalue weighted by atomic mass is 9.62. The molecule has 31 heavy (non-hydrogen) atoms. The lowest BCUT2D eigenvalue weighted by molar-refractivity contribution is 0.0697. The van der Waals surface area contributed by atoms with E-state index in [-0.39, 0.29) is 10.8 Å². The molecule has 0 fully saturated rings. The van der Waals surface area contributed by atoms with Crippen LogP contribution in [0, 0.1) is 0 Å².